The van der Waals surface area contributed by atoms with Crippen LogP contribution in [-0.2, 0) is 0 Å². The van der Waals surface area contributed by atoms with Crippen LogP contribution in [0.3, 0.4) is 0 Å². The fraction of sp³-hybridized carbons (Fsp3) is 0.600. The number of fused-ring (bicyclic) bond motifs is 1. The molecule has 0 aromatic carbocycles. The molecule has 5 nitrogen and oxygen atoms in total. The van der Waals surface area contributed by atoms with Crippen molar-refractivity contribution in [3.8, 4) is 0 Å². The van der Waals surface area contributed by atoms with Gasteiger partial charge in [-0.15, -0.1) is 0 Å². The maximum Gasteiger partial charge on any atom is 0.282 e. The van der Waals surface area contributed by atoms with Crippen molar-refractivity contribution in [2.24, 2.45) is 0 Å². The first-order valence-corrected chi connectivity index (χ1v) is 5.68. The molecule has 0 unspecified atom stereocenters. The normalized spacial score (nSPS) is 17.6. The topological polar surface area (TPSA) is 72.5 Å². The van der Waals surface area contributed by atoms with Crippen molar-refractivity contribution >= 4 is 16.9 Å². The number of nitrogens with one attached hydrogen (secondary N) is 1. The number of halogens is 2. The van der Waals surface area contributed by atoms with Crippen molar-refractivity contribution in [1.82, 2.24) is 20.0 Å². The van der Waals surface area contributed by atoms with Gasteiger partial charge in [0.1, 0.15) is 11.5 Å². The summed E-state index contributed by atoms with van der Waals surface area (Å²) >= 11 is 0. The number of hydrogen-bond acceptors (Lipinski definition) is 3. The molecule has 1 aliphatic rings. The van der Waals surface area contributed by atoms with Gasteiger partial charge >= 0.3 is 0 Å². The average molecular weight is 241 g/mol. The first-order chi connectivity index (χ1) is 8.18. The summed E-state index contributed by atoms with van der Waals surface area (Å²) in [7, 11) is 0. The van der Waals surface area contributed by atoms with Crippen molar-refractivity contribution in [2.45, 2.75) is 38.2 Å². The van der Waals surface area contributed by atoms with E-state index in [-0.39, 0.29) is 22.9 Å². The van der Waals surface area contributed by atoms with Gasteiger partial charge in [0.25, 0.3) is 6.43 Å². The molecule has 0 aliphatic heterocycles. The van der Waals surface area contributed by atoms with Gasteiger partial charge < -0.3 is 5.73 Å². The molecule has 0 radical (unpaired) electrons. The molecule has 1 saturated carbocycles. The smallest absolute Gasteiger partial charge is 0.282 e. The van der Waals surface area contributed by atoms with Crippen LogP contribution < -0.4 is 5.73 Å². The Bertz CT molecular complexity index is 538. The highest BCUT2D eigenvalue weighted by molar-refractivity contribution is 5.89. The molecule has 0 amide bonds. The highest BCUT2D eigenvalue weighted by atomic mass is 19.3. The molecule has 1 aliphatic carbocycles. The first kappa shape index (κ1) is 10.5. The molecule has 3 N–H and O–H groups in total. The molecule has 2 heterocycles. The zero-order valence-electron chi connectivity index (χ0n) is 9.16. The van der Waals surface area contributed by atoms with Crippen LogP contribution in [0.5, 0.6) is 0 Å². The van der Waals surface area contributed by atoms with Crippen LogP contribution >= 0.6 is 0 Å². The van der Waals surface area contributed by atoms with Crippen LogP contribution in [-0.4, -0.2) is 20.0 Å². The van der Waals surface area contributed by atoms with Crippen molar-refractivity contribution in [3.05, 3.63) is 5.69 Å². The van der Waals surface area contributed by atoms with Gasteiger partial charge in [-0.2, -0.15) is 10.2 Å². The van der Waals surface area contributed by atoms with Crippen LogP contribution in [0.2, 0.25) is 0 Å². The van der Waals surface area contributed by atoms with E-state index >= 15 is 0 Å². The number of anilines is 1. The van der Waals surface area contributed by atoms with E-state index in [0.717, 1.165) is 25.7 Å². The molecule has 92 valence electrons. The van der Waals surface area contributed by atoms with Crippen molar-refractivity contribution in [3.63, 3.8) is 0 Å². The van der Waals surface area contributed by atoms with Crippen molar-refractivity contribution in [2.75, 3.05) is 5.73 Å². The van der Waals surface area contributed by atoms with Crippen molar-refractivity contribution in [1.29, 1.82) is 0 Å². The minimum atomic E-state index is -2.62. The molecule has 0 saturated heterocycles. The molecule has 0 atom stereocenters. The zero-order chi connectivity index (χ0) is 12.0. The fourth-order valence-electron chi connectivity index (χ4n) is 2.53. The standard InChI is InChI=1S/C10H13F2N5/c11-8(12)7-6-9(13)14-15-10(6)17(16-7)5-3-1-2-4-5/h5,8H,1-4H2,(H3,13,14,15). The monoisotopic (exact) mass is 241 g/mol. The minimum Gasteiger partial charge on any atom is -0.383 e. The lowest BCUT2D eigenvalue weighted by Crippen LogP contribution is -2.07. The van der Waals surface area contributed by atoms with Gasteiger partial charge in [0, 0.05) is 0 Å². The Morgan fingerprint density at radius 1 is 1.35 bits per heavy atom. The van der Waals surface area contributed by atoms with E-state index in [1.54, 1.807) is 4.68 Å². The number of hydrogen-bond donors (Lipinski definition) is 2. The summed E-state index contributed by atoms with van der Waals surface area (Å²) in [6.45, 7) is 0. The summed E-state index contributed by atoms with van der Waals surface area (Å²) in [5, 5.41) is 10.8. The number of nitrogens with two attached hydrogens (primary N) is 1. The Labute approximate surface area is 96.0 Å². The van der Waals surface area contributed by atoms with E-state index in [0.29, 0.717) is 5.65 Å². The maximum absolute atomic E-state index is 12.9. The number of aromatic nitrogens is 4. The first-order valence-electron chi connectivity index (χ1n) is 5.68. The second-order valence-corrected chi connectivity index (χ2v) is 4.40. The maximum atomic E-state index is 12.9. The molecule has 2 aromatic heterocycles. The number of H-pyrrole nitrogens is 1. The molecule has 3 rings (SSSR count). The van der Waals surface area contributed by atoms with E-state index in [1.165, 1.54) is 0 Å². The van der Waals surface area contributed by atoms with Crippen LogP contribution in [0, 0.1) is 0 Å². The number of nitrogen functional groups attached to an aromatic ring is 1. The summed E-state index contributed by atoms with van der Waals surface area (Å²) in [5.41, 5.74) is 5.81. The van der Waals surface area contributed by atoms with Crippen LogP contribution in [0.15, 0.2) is 0 Å². The Morgan fingerprint density at radius 2 is 2.06 bits per heavy atom. The highest BCUT2D eigenvalue weighted by Crippen LogP contribution is 2.35. The van der Waals surface area contributed by atoms with E-state index in [9.17, 15) is 8.78 Å². The van der Waals surface area contributed by atoms with E-state index in [2.05, 4.69) is 15.3 Å². The van der Waals surface area contributed by atoms with E-state index in [1.807, 2.05) is 0 Å². The average Bonchev–Trinajstić information content (AvgIpc) is 2.95. The van der Waals surface area contributed by atoms with Gasteiger partial charge in [-0.25, -0.2) is 13.5 Å². The summed E-state index contributed by atoms with van der Waals surface area (Å²) in [6.07, 6.45) is 1.52. The van der Waals surface area contributed by atoms with Gasteiger partial charge in [0.2, 0.25) is 0 Å². The van der Waals surface area contributed by atoms with Crippen LogP contribution in [0.25, 0.3) is 11.0 Å². The molecule has 0 bridgehead atoms. The fourth-order valence-corrected chi connectivity index (χ4v) is 2.53. The minimum absolute atomic E-state index is 0.166. The third-order valence-electron chi connectivity index (χ3n) is 3.34. The molecule has 0 spiro atoms. The third-order valence-corrected chi connectivity index (χ3v) is 3.34. The predicted octanol–water partition coefficient (Wildman–Crippen LogP) is 2.39. The summed E-state index contributed by atoms with van der Waals surface area (Å²) in [4.78, 5) is 0. The molecule has 17 heavy (non-hydrogen) atoms. The molecular formula is C10H13F2N5. The van der Waals surface area contributed by atoms with Crippen molar-refractivity contribution < 1.29 is 8.78 Å². The van der Waals surface area contributed by atoms with Crippen LogP contribution in [0.4, 0.5) is 14.6 Å². The SMILES string of the molecule is Nc1[nH]nc2c1c(C(F)F)nn2C1CCCC1. The molecule has 2 aromatic rings. The largest absolute Gasteiger partial charge is 0.383 e. The quantitative estimate of drug-likeness (QED) is 0.847. The Morgan fingerprint density at radius 3 is 2.71 bits per heavy atom. The highest BCUT2D eigenvalue weighted by Gasteiger charge is 2.27. The van der Waals surface area contributed by atoms with Gasteiger partial charge in [-0.05, 0) is 12.8 Å². The molecular weight excluding hydrogens is 228 g/mol. The lowest BCUT2D eigenvalue weighted by atomic mass is 10.2. The number of rotatable bonds is 2. The number of alkyl halides is 2. The lowest BCUT2D eigenvalue weighted by Gasteiger charge is -2.09. The summed E-state index contributed by atoms with van der Waals surface area (Å²) in [6, 6.07) is 0.174. The van der Waals surface area contributed by atoms with E-state index in [4.69, 9.17) is 5.73 Å². The van der Waals surface area contributed by atoms with Gasteiger partial charge in [0.05, 0.1) is 11.4 Å². The van der Waals surface area contributed by atoms with Gasteiger partial charge in [0.15, 0.2) is 5.65 Å². The summed E-state index contributed by atoms with van der Waals surface area (Å²) < 4.78 is 27.4. The molecule has 7 heteroatoms. The van der Waals surface area contributed by atoms with Gasteiger partial charge in [-0.1, -0.05) is 12.8 Å². The lowest BCUT2D eigenvalue weighted by molar-refractivity contribution is 0.146. The zero-order valence-corrected chi connectivity index (χ0v) is 9.16. The Balaban J connectivity index is 2.18. The Kier molecular flexibility index (Phi) is 2.27. The van der Waals surface area contributed by atoms with E-state index < -0.39 is 6.43 Å². The number of aromatic amines is 1. The Hall–Kier alpha value is -1.66. The third kappa shape index (κ3) is 1.49. The second-order valence-electron chi connectivity index (χ2n) is 4.40. The van der Waals surface area contributed by atoms with Crippen LogP contribution in [0.1, 0.15) is 43.8 Å². The summed E-state index contributed by atoms with van der Waals surface area (Å²) in [5.74, 6) is 0.166. The van der Waals surface area contributed by atoms with Gasteiger partial charge in [-0.3, -0.25) is 5.10 Å². The number of nitrogens with zero attached hydrogens (tertiary/aromatic N) is 3. The predicted molar refractivity (Wildman–Crippen MR) is 58.8 cm³/mol. The molecule has 1 fully saturated rings. The second kappa shape index (κ2) is 3.68.